The topological polar surface area (TPSA) is 57.8 Å². The van der Waals surface area contributed by atoms with Crippen molar-refractivity contribution in [2.75, 3.05) is 6.54 Å². The van der Waals surface area contributed by atoms with E-state index in [0.29, 0.717) is 6.54 Å². The molecule has 0 spiro atoms. The summed E-state index contributed by atoms with van der Waals surface area (Å²) < 4.78 is 0. The number of amides is 1. The summed E-state index contributed by atoms with van der Waals surface area (Å²) in [5.74, 6) is 0.969. The predicted octanol–water partition coefficient (Wildman–Crippen LogP) is 2.90. The van der Waals surface area contributed by atoms with E-state index in [2.05, 4.69) is 35.2 Å². The van der Waals surface area contributed by atoms with E-state index in [-0.39, 0.29) is 5.91 Å². The van der Waals surface area contributed by atoms with Crippen LogP contribution in [-0.2, 0) is 19.3 Å². The minimum Gasteiger partial charge on any atom is -0.352 e. The van der Waals surface area contributed by atoms with Crippen molar-refractivity contribution in [2.45, 2.75) is 39.5 Å². The van der Waals surface area contributed by atoms with Gasteiger partial charge < -0.3 is 10.3 Å². The van der Waals surface area contributed by atoms with E-state index in [1.54, 1.807) is 6.20 Å². The number of aromatic nitrogens is 2. The number of aromatic amines is 1. The number of benzene rings is 1. The van der Waals surface area contributed by atoms with E-state index in [1.165, 1.54) is 11.1 Å². The molecule has 0 saturated heterocycles. The molecule has 0 bridgehead atoms. The largest absolute Gasteiger partial charge is 0.352 e. The van der Waals surface area contributed by atoms with Crippen molar-refractivity contribution in [3.63, 3.8) is 0 Å². The molecule has 0 radical (unpaired) electrons. The lowest BCUT2D eigenvalue weighted by atomic mass is 10.00. The van der Waals surface area contributed by atoms with E-state index in [4.69, 9.17) is 0 Å². The third-order valence-corrected chi connectivity index (χ3v) is 3.66. The molecule has 1 heterocycles. The Hall–Kier alpha value is -2.10. The summed E-state index contributed by atoms with van der Waals surface area (Å²) in [5.41, 5.74) is 3.34. The normalized spacial score (nSPS) is 10.6. The molecule has 2 aromatic rings. The Kier molecular flexibility index (Phi) is 5.55. The first kappa shape index (κ1) is 15.3. The van der Waals surface area contributed by atoms with Crippen LogP contribution in [0.4, 0.5) is 0 Å². The van der Waals surface area contributed by atoms with Crippen LogP contribution in [0.2, 0.25) is 0 Å². The molecule has 112 valence electrons. The molecule has 21 heavy (non-hydrogen) atoms. The van der Waals surface area contributed by atoms with Gasteiger partial charge in [0, 0.05) is 30.9 Å². The highest BCUT2D eigenvalue weighted by molar-refractivity contribution is 5.94. The molecule has 0 saturated carbocycles. The lowest BCUT2D eigenvalue weighted by Crippen LogP contribution is -2.25. The molecule has 0 unspecified atom stereocenters. The minimum absolute atomic E-state index is 0.00629. The quantitative estimate of drug-likeness (QED) is 0.768. The first-order valence-corrected chi connectivity index (χ1v) is 7.62. The fraction of sp³-hybridized carbons (Fsp3) is 0.412. The summed E-state index contributed by atoms with van der Waals surface area (Å²) in [5, 5.41) is 2.97. The number of nitrogens with zero attached hydrogens (tertiary/aromatic N) is 1. The Labute approximate surface area is 126 Å². The molecule has 2 N–H and O–H groups in total. The highest BCUT2D eigenvalue weighted by Crippen LogP contribution is 2.13. The highest BCUT2D eigenvalue weighted by Gasteiger charge is 2.08. The van der Waals surface area contributed by atoms with Crippen molar-refractivity contribution in [3.05, 3.63) is 53.1 Å². The van der Waals surface area contributed by atoms with Crippen LogP contribution >= 0.6 is 0 Å². The molecular weight excluding hydrogens is 262 g/mol. The van der Waals surface area contributed by atoms with Gasteiger partial charge in [-0.05, 0) is 42.5 Å². The van der Waals surface area contributed by atoms with Crippen LogP contribution in [0.1, 0.15) is 47.6 Å². The fourth-order valence-corrected chi connectivity index (χ4v) is 2.44. The number of hydrogen-bond donors (Lipinski definition) is 2. The van der Waals surface area contributed by atoms with Gasteiger partial charge in [0.15, 0.2) is 0 Å². The third-order valence-electron chi connectivity index (χ3n) is 3.66. The van der Waals surface area contributed by atoms with Gasteiger partial charge in [0.25, 0.3) is 5.91 Å². The number of aryl methyl sites for hydroxylation is 3. The molecule has 1 amide bonds. The maximum absolute atomic E-state index is 12.1. The van der Waals surface area contributed by atoms with E-state index < -0.39 is 0 Å². The van der Waals surface area contributed by atoms with E-state index >= 15 is 0 Å². The standard InChI is InChI=1S/C17H23N3O/c1-3-13-7-8-15(12-14(13)4-2)17(21)20-9-5-6-16-18-10-11-19-16/h7-8,10-12H,3-6,9H2,1-2H3,(H,18,19)(H,20,21). The predicted molar refractivity (Wildman–Crippen MR) is 84.4 cm³/mol. The van der Waals surface area contributed by atoms with Crippen LogP contribution in [0, 0.1) is 0 Å². The maximum atomic E-state index is 12.1. The third kappa shape index (κ3) is 4.18. The summed E-state index contributed by atoms with van der Waals surface area (Å²) in [4.78, 5) is 19.4. The van der Waals surface area contributed by atoms with Gasteiger partial charge in [-0.3, -0.25) is 4.79 Å². The van der Waals surface area contributed by atoms with Gasteiger partial charge in [0.1, 0.15) is 5.82 Å². The zero-order valence-electron chi connectivity index (χ0n) is 12.8. The number of hydrogen-bond acceptors (Lipinski definition) is 2. The van der Waals surface area contributed by atoms with Crippen LogP contribution in [0.25, 0.3) is 0 Å². The van der Waals surface area contributed by atoms with E-state index in [1.807, 2.05) is 18.3 Å². The second kappa shape index (κ2) is 7.62. The molecule has 0 aliphatic carbocycles. The Balaban J connectivity index is 1.85. The molecule has 4 heteroatoms. The summed E-state index contributed by atoms with van der Waals surface area (Å²) in [7, 11) is 0. The first-order chi connectivity index (χ1) is 10.2. The average Bonchev–Trinajstić information content (AvgIpc) is 3.04. The van der Waals surface area contributed by atoms with Crippen molar-refractivity contribution in [1.82, 2.24) is 15.3 Å². The highest BCUT2D eigenvalue weighted by atomic mass is 16.1. The van der Waals surface area contributed by atoms with Gasteiger partial charge in [0.05, 0.1) is 0 Å². The SMILES string of the molecule is CCc1ccc(C(=O)NCCCc2ncc[nH]2)cc1CC. The van der Waals surface area contributed by atoms with Gasteiger partial charge in [-0.25, -0.2) is 4.98 Å². The number of rotatable bonds is 7. The van der Waals surface area contributed by atoms with Crippen LogP contribution in [-0.4, -0.2) is 22.4 Å². The number of carbonyl (C=O) groups excluding carboxylic acids is 1. The van der Waals surface area contributed by atoms with Crippen molar-refractivity contribution < 1.29 is 4.79 Å². The molecule has 0 fully saturated rings. The fourth-order valence-electron chi connectivity index (χ4n) is 2.44. The molecule has 2 rings (SSSR count). The first-order valence-electron chi connectivity index (χ1n) is 7.62. The Morgan fingerprint density at radius 1 is 1.24 bits per heavy atom. The zero-order chi connectivity index (χ0) is 15.1. The van der Waals surface area contributed by atoms with Gasteiger partial charge in [-0.1, -0.05) is 19.9 Å². The van der Waals surface area contributed by atoms with Gasteiger partial charge in [-0.15, -0.1) is 0 Å². The zero-order valence-corrected chi connectivity index (χ0v) is 12.8. The summed E-state index contributed by atoms with van der Waals surface area (Å²) >= 11 is 0. The van der Waals surface area contributed by atoms with Crippen LogP contribution < -0.4 is 5.32 Å². The van der Waals surface area contributed by atoms with E-state index in [9.17, 15) is 4.79 Å². The molecule has 4 nitrogen and oxygen atoms in total. The number of nitrogens with one attached hydrogen (secondary N) is 2. The number of carbonyl (C=O) groups is 1. The smallest absolute Gasteiger partial charge is 0.251 e. The van der Waals surface area contributed by atoms with Gasteiger partial charge in [-0.2, -0.15) is 0 Å². The van der Waals surface area contributed by atoms with Crippen molar-refractivity contribution in [1.29, 1.82) is 0 Å². The second-order valence-corrected chi connectivity index (χ2v) is 5.09. The molecule has 0 aliphatic heterocycles. The lowest BCUT2D eigenvalue weighted by molar-refractivity contribution is 0.0953. The summed E-state index contributed by atoms with van der Waals surface area (Å²) in [6.07, 6.45) is 7.26. The average molecular weight is 285 g/mol. The van der Waals surface area contributed by atoms with Crippen molar-refractivity contribution in [3.8, 4) is 0 Å². The van der Waals surface area contributed by atoms with E-state index in [0.717, 1.165) is 37.1 Å². The van der Waals surface area contributed by atoms with Gasteiger partial charge in [0.2, 0.25) is 0 Å². The molecule has 1 aromatic carbocycles. The van der Waals surface area contributed by atoms with Crippen molar-refractivity contribution in [2.24, 2.45) is 0 Å². The monoisotopic (exact) mass is 285 g/mol. The van der Waals surface area contributed by atoms with Crippen LogP contribution in [0.3, 0.4) is 0 Å². The van der Waals surface area contributed by atoms with Gasteiger partial charge >= 0.3 is 0 Å². The van der Waals surface area contributed by atoms with Crippen LogP contribution in [0.15, 0.2) is 30.6 Å². The summed E-state index contributed by atoms with van der Waals surface area (Å²) in [6.45, 7) is 4.93. The molecule has 1 aromatic heterocycles. The lowest BCUT2D eigenvalue weighted by Gasteiger charge is -2.09. The Morgan fingerprint density at radius 3 is 2.71 bits per heavy atom. The molecule has 0 aliphatic rings. The number of imidazole rings is 1. The van der Waals surface area contributed by atoms with Crippen LogP contribution in [0.5, 0.6) is 0 Å². The molecule has 0 atom stereocenters. The number of H-pyrrole nitrogens is 1. The second-order valence-electron chi connectivity index (χ2n) is 5.09. The van der Waals surface area contributed by atoms with Crippen molar-refractivity contribution >= 4 is 5.91 Å². The molecular formula is C17H23N3O. The maximum Gasteiger partial charge on any atom is 0.251 e. The minimum atomic E-state index is 0.00629. The Morgan fingerprint density at radius 2 is 2.05 bits per heavy atom. The Bertz CT molecular complexity index is 576. The summed E-state index contributed by atoms with van der Waals surface area (Å²) in [6, 6.07) is 6.00.